The summed E-state index contributed by atoms with van der Waals surface area (Å²) in [6.45, 7) is 1.19. The molecule has 2 atom stereocenters. The molecule has 0 aliphatic carbocycles. The first-order valence-electron chi connectivity index (χ1n) is 7.40. The average Bonchev–Trinajstić information content (AvgIpc) is 2.98. The zero-order valence-corrected chi connectivity index (χ0v) is 11.8. The second-order valence-electron chi connectivity index (χ2n) is 5.62. The molecule has 5 nitrogen and oxygen atoms in total. The van der Waals surface area contributed by atoms with Gasteiger partial charge in [-0.05, 0) is 30.9 Å². The van der Waals surface area contributed by atoms with Crippen LogP contribution in [0.2, 0.25) is 0 Å². The Morgan fingerprint density at radius 2 is 2.10 bits per heavy atom. The number of fused-ring (bicyclic) bond motifs is 1. The van der Waals surface area contributed by atoms with E-state index in [1.807, 2.05) is 18.2 Å². The highest BCUT2D eigenvalue weighted by Crippen LogP contribution is 2.36. The van der Waals surface area contributed by atoms with E-state index < -0.39 is 11.9 Å². The number of hydrogen-bond donors (Lipinski definition) is 1. The minimum Gasteiger partial charge on any atom is -0.481 e. The molecule has 0 radical (unpaired) electrons. The fourth-order valence-electron chi connectivity index (χ4n) is 3.19. The molecule has 1 aromatic carbocycles. The van der Waals surface area contributed by atoms with Gasteiger partial charge in [0.1, 0.15) is 0 Å². The Bertz CT molecular complexity index is 551. The van der Waals surface area contributed by atoms with Crippen molar-refractivity contribution in [3.05, 3.63) is 29.8 Å². The molecule has 1 amide bonds. The average molecular weight is 289 g/mol. The lowest BCUT2D eigenvalue weighted by Gasteiger charge is -2.33. The molecule has 5 heteroatoms. The number of nitrogens with zero attached hydrogens (tertiary/aromatic N) is 1. The number of anilines is 1. The van der Waals surface area contributed by atoms with Gasteiger partial charge in [-0.15, -0.1) is 0 Å². The molecular weight excluding hydrogens is 270 g/mol. The van der Waals surface area contributed by atoms with Gasteiger partial charge in [-0.3, -0.25) is 9.59 Å². The Morgan fingerprint density at radius 1 is 1.29 bits per heavy atom. The lowest BCUT2D eigenvalue weighted by atomic mass is 9.89. The molecule has 3 rings (SSSR count). The van der Waals surface area contributed by atoms with Gasteiger partial charge in [-0.2, -0.15) is 0 Å². The molecule has 1 saturated heterocycles. The largest absolute Gasteiger partial charge is 0.481 e. The maximum Gasteiger partial charge on any atom is 0.311 e. The van der Waals surface area contributed by atoms with Crippen molar-refractivity contribution in [2.45, 2.75) is 37.7 Å². The standard InChI is InChI=1S/C16H19NO4/c18-15(10-11-4-3-9-21-11)17-8-7-13(16(19)20)12-5-1-2-6-14(12)17/h1-2,5-6,11,13H,3-4,7-10H2,(H,19,20). The fraction of sp³-hybridized carbons (Fsp3) is 0.500. The Kier molecular flexibility index (Phi) is 3.92. The van der Waals surface area contributed by atoms with E-state index in [0.29, 0.717) is 19.4 Å². The van der Waals surface area contributed by atoms with Crippen LogP contribution >= 0.6 is 0 Å². The number of carboxylic acid groups (broad SMARTS) is 1. The lowest BCUT2D eigenvalue weighted by Crippen LogP contribution is -2.39. The van der Waals surface area contributed by atoms with Crippen LogP contribution in [-0.4, -0.2) is 36.2 Å². The van der Waals surface area contributed by atoms with Crippen LogP contribution < -0.4 is 4.90 Å². The van der Waals surface area contributed by atoms with E-state index in [9.17, 15) is 14.7 Å². The lowest BCUT2D eigenvalue weighted by molar-refractivity contribution is -0.139. The first-order valence-corrected chi connectivity index (χ1v) is 7.40. The van der Waals surface area contributed by atoms with Gasteiger partial charge in [-0.1, -0.05) is 18.2 Å². The van der Waals surface area contributed by atoms with Crippen LogP contribution in [0.3, 0.4) is 0 Å². The number of carboxylic acids is 1. The van der Waals surface area contributed by atoms with Crippen molar-refractivity contribution in [3.63, 3.8) is 0 Å². The molecule has 0 spiro atoms. The third-order valence-corrected chi connectivity index (χ3v) is 4.27. The number of benzene rings is 1. The normalized spacial score (nSPS) is 24.7. The molecule has 21 heavy (non-hydrogen) atoms. The summed E-state index contributed by atoms with van der Waals surface area (Å²) in [5.41, 5.74) is 1.47. The minimum atomic E-state index is -0.825. The summed E-state index contributed by atoms with van der Waals surface area (Å²) in [7, 11) is 0. The van der Waals surface area contributed by atoms with Crippen LogP contribution in [0.5, 0.6) is 0 Å². The summed E-state index contributed by atoms with van der Waals surface area (Å²) in [4.78, 5) is 25.6. The molecule has 2 heterocycles. The topological polar surface area (TPSA) is 66.8 Å². The van der Waals surface area contributed by atoms with E-state index in [0.717, 1.165) is 30.7 Å². The van der Waals surface area contributed by atoms with Gasteiger partial charge in [0.15, 0.2) is 0 Å². The predicted octanol–water partition coefficient (Wildman–Crippen LogP) is 2.16. The maximum atomic E-state index is 12.5. The van der Waals surface area contributed by atoms with Crippen molar-refractivity contribution >= 4 is 17.6 Å². The Morgan fingerprint density at radius 3 is 2.81 bits per heavy atom. The highest BCUT2D eigenvalue weighted by atomic mass is 16.5. The zero-order chi connectivity index (χ0) is 14.8. The van der Waals surface area contributed by atoms with Crippen molar-refractivity contribution < 1.29 is 19.4 Å². The van der Waals surface area contributed by atoms with Crippen molar-refractivity contribution in [3.8, 4) is 0 Å². The minimum absolute atomic E-state index is 0.0156. The van der Waals surface area contributed by atoms with E-state index in [1.54, 1.807) is 11.0 Å². The van der Waals surface area contributed by atoms with Crippen LogP contribution in [0.1, 0.15) is 37.2 Å². The number of rotatable bonds is 3. The predicted molar refractivity (Wildman–Crippen MR) is 77.4 cm³/mol. The summed E-state index contributed by atoms with van der Waals surface area (Å²) in [5.74, 6) is -1.32. The molecule has 112 valence electrons. The van der Waals surface area contributed by atoms with Crippen LogP contribution in [0.15, 0.2) is 24.3 Å². The Labute approximate surface area is 123 Å². The molecule has 1 aromatic rings. The number of ether oxygens (including phenoxy) is 1. The SMILES string of the molecule is O=C(O)C1CCN(C(=O)CC2CCCO2)c2ccccc21. The summed E-state index contributed by atoms with van der Waals surface area (Å²) in [6.07, 6.45) is 2.80. The summed E-state index contributed by atoms with van der Waals surface area (Å²) < 4.78 is 5.52. The number of carbonyl (C=O) groups excluding carboxylic acids is 1. The monoisotopic (exact) mass is 289 g/mol. The van der Waals surface area contributed by atoms with Crippen molar-refractivity contribution in [2.75, 3.05) is 18.1 Å². The number of carbonyl (C=O) groups is 2. The molecule has 2 unspecified atom stereocenters. The molecule has 0 saturated carbocycles. The third kappa shape index (κ3) is 2.78. The number of hydrogen-bond acceptors (Lipinski definition) is 3. The highest BCUT2D eigenvalue weighted by molar-refractivity contribution is 5.96. The Balaban J connectivity index is 1.81. The van der Waals surface area contributed by atoms with Crippen molar-refractivity contribution in [1.29, 1.82) is 0 Å². The van der Waals surface area contributed by atoms with Crippen LogP contribution in [0, 0.1) is 0 Å². The first kappa shape index (κ1) is 14.1. The van der Waals surface area contributed by atoms with E-state index in [4.69, 9.17) is 4.74 Å². The van der Waals surface area contributed by atoms with Gasteiger partial charge in [0.05, 0.1) is 18.4 Å². The molecule has 2 aliphatic heterocycles. The van der Waals surface area contributed by atoms with Gasteiger partial charge in [0.25, 0.3) is 0 Å². The smallest absolute Gasteiger partial charge is 0.311 e. The molecular formula is C16H19NO4. The number of amides is 1. The second kappa shape index (κ2) is 5.85. The highest BCUT2D eigenvalue weighted by Gasteiger charge is 2.33. The third-order valence-electron chi connectivity index (χ3n) is 4.27. The summed E-state index contributed by atoms with van der Waals surface area (Å²) >= 11 is 0. The van der Waals surface area contributed by atoms with Crippen molar-refractivity contribution in [1.82, 2.24) is 0 Å². The molecule has 0 bridgehead atoms. The van der Waals surface area contributed by atoms with E-state index >= 15 is 0 Å². The quantitative estimate of drug-likeness (QED) is 0.926. The van der Waals surface area contributed by atoms with E-state index in [1.165, 1.54) is 0 Å². The van der Waals surface area contributed by atoms with Crippen LogP contribution in [0.4, 0.5) is 5.69 Å². The first-order chi connectivity index (χ1) is 10.2. The Hall–Kier alpha value is -1.88. The van der Waals surface area contributed by atoms with Crippen LogP contribution in [0.25, 0.3) is 0 Å². The van der Waals surface area contributed by atoms with E-state index in [2.05, 4.69) is 0 Å². The summed E-state index contributed by atoms with van der Waals surface area (Å²) in [6, 6.07) is 7.30. The van der Waals surface area contributed by atoms with Gasteiger partial charge in [0.2, 0.25) is 5.91 Å². The van der Waals surface area contributed by atoms with Crippen molar-refractivity contribution in [2.24, 2.45) is 0 Å². The molecule has 2 aliphatic rings. The number of para-hydroxylation sites is 1. The van der Waals surface area contributed by atoms with Gasteiger partial charge in [-0.25, -0.2) is 0 Å². The molecule has 0 aromatic heterocycles. The molecule has 1 N–H and O–H groups in total. The van der Waals surface area contributed by atoms with Gasteiger partial charge >= 0.3 is 5.97 Å². The summed E-state index contributed by atoms with van der Waals surface area (Å²) in [5, 5.41) is 9.32. The second-order valence-corrected chi connectivity index (χ2v) is 5.62. The maximum absolute atomic E-state index is 12.5. The van der Waals surface area contributed by atoms with E-state index in [-0.39, 0.29) is 12.0 Å². The van der Waals surface area contributed by atoms with Gasteiger partial charge in [0, 0.05) is 18.8 Å². The van der Waals surface area contributed by atoms with Crippen LogP contribution in [-0.2, 0) is 14.3 Å². The van der Waals surface area contributed by atoms with Gasteiger partial charge < -0.3 is 14.7 Å². The fourth-order valence-corrected chi connectivity index (χ4v) is 3.19. The number of aliphatic carboxylic acids is 1. The molecule has 1 fully saturated rings. The zero-order valence-electron chi connectivity index (χ0n) is 11.8.